The number of nitrogens with two attached hydrogens (primary N) is 1. The first-order valence-corrected chi connectivity index (χ1v) is 7.18. The molecule has 0 spiro atoms. The van der Waals surface area contributed by atoms with Gasteiger partial charge in [-0.05, 0) is 35.7 Å². The molecule has 0 fully saturated rings. The van der Waals surface area contributed by atoms with E-state index in [1.807, 2.05) is 0 Å². The summed E-state index contributed by atoms with van der Waals surface area (Å²) in [5, 5.41) is 0. The van der Waals surface area contributed by atoms with Crippen LogP contribution in [0, 0.1) is 0 Å². The molecule has 0 bridgehead atoms. The smallest absolute Gasteiger partial charge is 0.159 e. The van der Waals surface area contributed by atoms with Gasteiger partial charge in [0.25, 0.3) is 0 Å². The van der Waals surface area contributed by atoms with E-state index < -0.39 is 0 Å². The maximum Gasteiger partial charge on any atom is 0.159 e. The van der Waals surface area contributed by atoms with Gasteiger partial charge in [0.2, 0.25) is 0 Å². The van der Waals surface area contributed by atoms with E-state index in [4.69, 9.17) is 5.84 Å². The van der Waals surface area contributed by atoms with Crippen molar-refractivity contribution in [2.24, 2.45) is 5.84 Å². The number of hydrogen-bond donors (Lipinski definition) is 2. The van der Waals surface area contributed by atoms with Crippen LogP contribution in [0.5, 0.6) is 0 Å². The van der Waals surface area contributed by atoms with Crippen LogP contribution in [0.4, 0.5) is 11.6 Å². The van der Waals surface area contributed by atoms with Crippen LogP contribution >= 0.6 is 15.9 Å². The zero-order valence-corrected chi connectivity index (χ0v) is 12.9. The van der Waals surface area contributed by atoms with Gasteiger partial charge < -0.3 is 10.3 Å². The number of anilines is 2. The van der Waals surface area contributed by atoms with E-state index in [-0.39, 0.29) is 0 Å². The summed E-state index contributed by atoms with van der Waals surface area (Å²) in [6, 6.07) is 0.438. The molecular weight excluding hydrogens is 294 g/mol. The van der Waals surface area contributed by atoms with Gasteiger partial charge in [-0.2, -0.15) is 0 Å². The van der Waals surface area contributed by atoms with Gasteiger partial charge in [0.1, 0.15) is 16.6 Å². The highest BCUT2D eigenvalue weighted by atomic mass is 79.9. The Kier molecular flexibility index (Phi) is 6.35. The number of nitrogens with zero attached hydrogens (tertiary/aromatic N) is 3. The molecule has 0 saturated carbocycles. The third-order valence-electron chi connectivity index (χ3n) is 3.06. The molecule has 3 N–H and O–H groups in total. The minimum absolute atomic E-state index is 0.438. The van der Waals surface area contributed by atoms with Gasteiger partial charge >= 0.3 is 0 Å². The van der Waals surface area contributed by atoms with Crippen LogP contribution in [0.15, 0.2) is 10.8 Å². The van der Waals surface area contributed by atoms with Gasteiger partial charge in [-0.25, -0.2) is 15.8 Å². The Bertz CT molecular complexity index is 371. The van der Waals surface area contributed by atoms with Crippen molar-refractivity contribution >= 4 is 27.6 Å². The van der Waals surface area contributed by atoms with Crippen molar-refractivity contribution < 1.29 is 0 Å². The van der Waals surface area contributed by atoms with E-state index in [0.29, 0.717) is 11.9 Å². The third-order valence-corrected chi connectivity index (χ3v) is 3.79. The Morgan fingerprint density at radius 1 is 1.44 bits per heavy atom. The zero-order chi connectivity index (χ0) is 13.5. The minimum atomic E-state index is 0.438. The van der Waals surface area contributed by atoms with Crippen molar-refractivity contribution in [3.05, 3.63) is 10.8 Å². The molecule has 18 heavy (non-hydrogen) atoms. The van der Waals surface area contributed by atoms with Gasteiger partial charge in [-0.3, -0.25) is 0 Å². The molecule has 1 atom stereocenters. The van der Waals surface area contributed by atoms with Crippen LogP contribution in [-0.4, -0.2) is 22.6 Å². The first kappa shape index (κ1) is 15.2. The second-order valence-electron chi connectivity index (χ2n) is 4.31. The van der Waals surface area contributed by atoms with Crippen molar-refractivity contribution in [1.29, 1.82) is 0 Å². The zero-order valence-electron chi connectivity index (χ0n) is 11.3. The number of aromatic nitrogens is 2. The Morgan fingerprint density at radius 2 is 2.17 bits per heavy atom. The van der Waals surface area contributed by atoms with Crippen molar-refractivity contribution in [2.75, 3.05) is 16.9 Å². The van der Waals surface area contributed by atoms with E-state index in [9.17, 15) is 0 Å². The van der Waals surface area contributed by atoms with Gasteiger partial charge in [0, 0.05) is 12.6 Å². The second kappa shape index (κ2) is 7.53. The molecule has 5 nitrogen and oxygen atoms in total. The molecule has 1 rings (SSSR count). The predicted octanol–water partition coefficient (Wildman–Crippen LogP) is 2.93. The van der Waals surface area contributed by atoms with E-state index in [0.717, 1.165) is 36.1 Å². The highest BCUT2D eigenvalue weighted by molar-refractivity contribution is 9.10. The molecule has 0 saturated heterocycles. The summed E-state index contributed by atoms with van der Waals surface area (Å²) < 4.78 is 0.823. The quantitative estimate of drug-likeness (QED) is 0.598. The second-order valence-corrected chi connectivity index (χ2v) is 5.10. The number of unbranched alkanes of at least 4 members (excludes halogenated alkanes) is 1. The highest BCUT2D eigenvalue weighted by Gasteiger charge is 2.18. The first-order chi connectivity index (χ1) is 8.65. The van der Waals surface area contributed by atoms with Crippen LogP contribution in [0.3, 0.4) is 0 Å². The molecule has 0 aromatic carbocycles. The van der Waals surface area contributed by atoms with Crippen molar-refractivity contribution in [3.8, 4) is 0 Å². The number of nitrogen functional groups attached to an aromatic ring is 1. The van der Waals surface area contributed by atoms with Crippen LogP contribution in [0.2, 0.25) is 0 Å². The average molecular weight is 316 g/mol. The minimum Gasteiger partial charge on any atom is -0.353 e. The molecule has 1 unspecified atom stereocenters. The monoisotopic (exact) mass is 315 g/mol. The molecule has 0 aliphatic heterocycles. The van der Waals surface area contributed by atoms with Gasteiger partial charge in [0.05, 0.1) is 0 Å². The Hall–Kier alpha value is -0.880. The van der Waals surface area contributed by atoms with Crippen LogP contribution in [0.1, 0.15) is 40.0 Å². The molecule has 0 aliphatic carbocycles. The van der Waals surface area contributed by atoms with E-state index in [2.05, 4.69) is 57.0 Å². The summed E-state index contributed by atoms with van der Waals surface area (Å²) in [5.41, 5.74) is 2.58. The molecule has 6 heteroatoms. The van der Waals surface area contributed by atoms with E-state index >= 15 is 0 Å². The molecule has 1 aromatic rings. The van der Waals surface area contributed by atoms with Crippen molar-refractivity contribution in [3.63, 3.8) is 0 Å². The van der Waals surface area contributed by atoms with Crippen LogP contribution < -0.4 is 16.2 Å². The maximum atomic E-state index is 5.44. The molecule has 0 amide bonds. The van der Waals surface area contributed by atoms with Crippen molar-refractivity contribution in [2.45, 2.75) is 46.1 Å². The van der Waals surface area contributed by atoms with Crippen LogP contribution in [-0.2, 0) is 0 Å². The normalized spacial score (nSPS) is 12.3. The fourth-order valence-electron chi connectivity index (χ4n) is 1.75. The highest BCUT2D eigenvalue weighted by Crippen LogP contribution is 2.30. The first-order valence-electron chi connectivity index (χ1n) is 6.39. The lowest BCUT2D eigenvalue weighted by molar-refractivity contribution is 0.588. The molecule has 1 aromatic heterocycles. The van der Waals surface area contributed by atoms with Crippen LogP contribution in [0.25, 0.3) is 0 Å². The predicted molar refractivity (Wildman–Crippen MR) is 79.5 cm³/mol. The lowest BCUT2D eigenvalue weighted by Gasteiger charge is -2.30. The summed E-state index contributed by atoms with van der Waals surface area (Å²) in [4.78, 5) is 10.8. The van der Waals surface area contributed by atoms with Gasteiger partial charge in [-0.15, -0.1) is 0 Å². The van der Waals surface area contributed by atoms with Crippen molar-refractivity contribution in [1.82, 2.24) is 9.97 Å². The molecule has 1 heterocycles. The number of hydrogen-bond acceptors (Lipinski definition) is 5. The lowest BCUT2D eigenvalue weighted by Crippen LogP contribution is -2.34. The summed E-state index contributed by atoms with van der Waals surface area (Å²) in [6.07, 6.45) is 4.92. The number of nitrogens with one attached hydrogen (secondary N) is 1. The average Bonchev–Trinajstić information content (AvgIpc) is 2.40. The SMILES string of the molecule is CCCCN(c1ncnc(NN)c1Br)C(C)CC. The maximum absolute atomic E-state index is 5.44. The molecule has 102 valence electrons. The standard InChI is InChI=1S/C12H22BrN5/c1-4-6-7-18(9(3)5-2)12-10(13)11(17-14)15-8-16-12/h8-9H,4-7,14H2,1-3H3,(H,15,16,17). The summed E-state index contributed by atoms with van der Waals surface area (Å²) in [7, 11) is 0. The van der Waals surface area contributed by atoms with Gasteiger partial charge in [-0.1, -0.05) is 20.3 Å². The van der Waals surface area contributed by atoms with E-state index in [1.165, 1.54) is 6.33 Å². The number of hydrazine groups is 1. The molecular formula is C12H22BrN5. The van der Waals surface area contributed by atoms with E-state index in [1.54, 1.807) is 0 Å². The number of halogens is 1. The Balaban J connectivity index is 3.04. The Labute approximate surface area is 117 Å². The van der Waals surface area contributed by atoms with Gasteiger partial charge in [0.15, 0.2) is 5.82 Å². The molecule has 0 aliphatic rings. The number of rotatable bonds is 7. The fraction of sp³-hybridized carbons (Fsp3) is 0.667. The lowest BCUT2D eigenvalue weighted by atomic mass is 10.2. The summed E-state index contributed by atoms with van der Waals surface area (Å²) in [6.45, 7) is 7.57. The topological polar surface area (TPSA) is 67.1 Å². The summed E-state index contributed by atoms with van der Waals surface area (Å²) >= 11 is 3.52. The molecule has 0 radical (unpaired) electrons. The summed E-state index contributed by atoms with van der Waals surface area (Å²) in [5.74, 6) is 6.96. The fourth-order valence-corrected chi connectivity index (χ4v) is 2.29. The largest absolute Gasteiger partial charge is 0.353 e. The Morgan fingerprint density at radius 3 is 2.72 bits per heavy atom. The third kappa shape index (κ3) is 3.55.